The van der Waals surface area contributed by atoms with Crippen molar-refractivity contribution in [3.8, 4) is 17.0 Å². The van der Waals surface area contributed by atoms with Gasteiger partial charge in [0.1, 0.15) is 5.75 Å². The molecule has 10 heteroatoms. The first-order valence-corrected chi connectivity index (χ1v) is 9.37. The molecule has 1 fully saturated rings. The smallest absolute Gasteiger partial charge is 0.406 e. The van der Waals surface area contributed by atoms with E-state index >= 15 is 0 Å². The van der Waals surface area contributed by atoms with Crippen LogP contribution in [0, 0.1) is 0 Å². The van der Waals surface area contributed by atoms with E-state index in [1.165, 1.54) is 29.5 Å². The van der Waals surface area contributed by atoms with Crippen molar-refractivity contribution in [1.29, 1.82) is 0 Å². The van der Waals surface area contributed by atoms with Crippen molar-refractivity contribution in [2.24, 2.45) is 0 Å². The van der Waals surface area contributed by atoms with Gasteiger partial charge in [0.15, 0.2) is 0 Å². The summed E-state index contributed by atoms with van der Waals surface area (Å²) in [7, 11) is 2.02. The molecule has 27 heavy (non-hydrogen) atoms. The van der Waals surface area contributed by atoms with Crippen LogP contribution in [0.4, 0.5) is 18.3 Å². The van der Waals surface area contributed by atoms with E-state index in [9.17, 15) is 13.2 Å². The van der Waals surface area contributed by atoms with E-state index in [4.69, 9.17) is 0 Å². The second kappa shape index (κ2) is 7.01. The Hall–Kier alpha value is -2.33. The van der Waals surface area contributed by atoms with E-state index < -0.39 is 6.36 Å². The number of halogens is 3. The van der Waals surface area contributed by atoms with Crippen molar-refractivity contribution in [1.82, 2.24) is 19.9 Å². The number of aromatic nitrogens is 3. The third-order valence-corrected chi connectivity index (χ3v) is 5.61. The fraction of sp³-hybridized carbons (Fsp3) is 0.412. The third-order valence-electron chi connectivity index (χ3n) is 4.60. The number of alkyl halides is 3. The Morgan fingerprint density at radius 3 is 2.81 bits per heavy atom. The number of benzene rings is 1. The summed E-state index contributed by atoms with van der Waals surface area (Å²) in [6.45, 7) is 1.96. The third kappa shape index (κ3) is 3.86. The maximum atomic E-state index is 12.5. The molecule has 1 aromatic carbocycles. The van der Waals surface area contributed by atoms with Crippen LogP contribution >= 0.6 is 11.3 Å². The molecule has 3 aromatic rings. The lowest BCUT2D eigenvalue weighted by Gasteiger charge is -2.30. The minimum Gasteiger partial charge on any atom is -0.406 e. The standard InChI is InChI=1S/C17H18F3N5OS/c1-24(12-5-7-21-8-6-12)16-23-25-14(10-22-15(25)27-16)11-3-2-4-13(9-11)26-17(18,19)20/h2-4,9-10,12,21H,5-8H2,1H3. The second-order valence-corrected chi connectivity index (χ2v) is 7.32. The van der Waals surface area contributed by atoms with E-state index in [0.717, 1.165) is 31.1 Å². The van der Waals surface area contributed by atoms with E-state index in [0.29, 0.717) is 22.3 Å². The van der Waals surface area contributed by atoms with Gasteiger partial charge in [-0.15, -0.1) is 18.3 Å². The fourth-order valence-corrected chi connectivity index (χ4v) is 4.13. The lowest BCUT2D eigenvalue weighted by atomic mass is 10.1. The normalized spacial score (nSPS) is 16.0. The molecule has 1 saturated heterocycles. The highest BCUT2D eigenvalue weighted by Crippen LogP contribution is 2.32. The molecule has 0 aliphatic carbocycles. The zero-order valence-electron chi connectivity index (χ0n) is 14.5. The first kappa shape index (κ1) is 18.1. The van der Waals surface area contributed by atoms with Gasteiger partial charge in [-0.1, -0.05) is 23.5 Å². The summed E-state index contributed by atoms with van der Waals surface area (Å²) in [6, 6.07) is 6.25. The Kier molecular flexibility index (Phi) is 4.68. The Morgan fingerprint density at radius 2 is 2.07 bits per heavy atom. The predicted molar refractivity (Wildman–Crippen MR) is 97.3 cm³/mol. The Labute approximate surface area is 157 Å². The molecule has 0 saturated carbocycles. The summed E-state index contributed by atoms with van der Waals surface area (Å²) >= 11 is 1.46. The van der Waals surface area contributed by atoms with Crippen LogP contribution in [0.25, 0.3) is 16.2 Å². The van der Waals surface area contributed by atoms with E-state index in [2.05, 4.69) is 25.0 Å². The van der Waals surface area contributed by atoms with Crippen LogP contribution in [-0.2, 0) is 0 Å². The van der Waals surface area contributed by atoms with Gasteiger partial charge in [0.2, 0.25) is 10.1 Å². The molecule has 0 spiro atoms. The number of rotatable bonds is 4. The van der Waals surface area contributed by atoms with Crippen LogP contribution in [0.2, 0.25) is 0 Å². The Balaban J connectivity index is 1.63. The summed E-state index contributed by atoms with van der Waals surface area (Å²) in [5.74, 6) is -0.266. The molecule has 1 aliphatic rings. The first-order valence-electron chi connectivity index (χ1n) is 8.55. The summed E-state index contributed by atoms with van der Waals surface area (Å²) < 4.78 is 43.1. The number of ether oxygens (including phenoxy) is 1. The van der Waals surface area contributed by atoms with Crippen LogP contribution in [0.5, 0.6) is 5.75 Å². The monoisotopic (exact) mass is 397 g/mol. The van der Waals surface area contributed by atoms with Crippen molar-refractivity contribution >= 4 is 21.4 Å². The van der Waals surface area contributed by atoms with Crippen molar-refractivity contribution < 1.29 is 17.9 Å². The highest BCUT2D eigenvalue weighted by atomic mass is 32.1. The van der Waals surface area contributed by atoms with Gasteiger partial charge in [0.25, 0.3) is 0 Å². The minimum atomic E-state index is -4.73. The molecule has 1 aliphatic heterocycles. The van der Waals surface area contributed by atoms with Crippen LogP contribution in [0.3, 0.4) is 0 Å². The molecule has 3 heterocycles. The van der Waals surface area contributed by atoms with Crippen LogP contribution in [-0.4, -0.2) is 47.1 Å². The number of hydrogen-bond donors (Lipinski definition) is 1. The Morgan fingerprint density at radius 1 is 1.30 bits per heavy atom. The first-order chi connectivity index (χ1) is 12.9. The van der Waals surface area contributed by atoms with Gasteiger partial charge in [-0.3, -0.25) is 0 Å². The summed E-state index contributed by atoms with van der Waals surface area (Å²) in [6.07, 6.45) is -1.03. The van der Waals surface area contributed by atoms with Gasteiger partial charge >= 0.3 is 6.36 Å². The largest absolute Gasteiger partial charge is 0.573 e. The molecule has 144 valence electrons. The number of nitrogens with one attached hydrogen (secondary N) is 1. The molecular weight excluding hydrogens is 379 g/mol. The van der Waals surface area contributed by atoms with Crippen LogP contribution in [0.1, 0.15) is 12.8 Å². The molecule has 0 unspecified atom stereocenters. The maximum absolute atomic E-state index is 12.5. The van der Waals surface area contributed by atoms with Crippen molar-refractivity contribution in [3.63, 3.8) is 0 Å². The lowest BCUT2D eigenvalue weighted by molar-refractivity contribution is -0.274. The number of piperidine rings is 1. The summed E-state index contributed by atoms with van der Waals surface area (Å²) in [5.41, 5.74) is 1.18. The average Bonchev–Trinajstić information content (AvgIpc) is 3.21. The van der Waals surface area contributed by atoms with Gasteiger partial charge < -0.3 is 15.0 Å². The number of anilines is 1. The number of nitrogens with zero attached hydrogens (tertiary/aromatic N) is 4. The van der Waals surface area contributed by atoms with Gasteiger partial charge in [0.05, 0.1) is 11.9 Å². The second-order valence-electron chi connectivity index (χ2n) is 6.39. The van der Waals surface area contributed by atoms with Crippen LogP contribution in [0.15, 0.2) is 30.5 Å². The number of imidazole rings is 1. The maximum Gasteiger partial charge on any atom is 0.573 e. The molecular formula is C17H18F3N5OS. The highest BCUT2D eigenvalue weighted by Gasteiger charge is 2.31. The lowest BCUT2D eigenvalue weighted by Crippen LogP contribution is -2.41. The molecule has 0 atom stereocenters. The van der Waals surface area contributed by atoms with Crippen molar-refractivity contribution in [3.05, 3.63) is 30.5 Å². The number of fused-ring (bicyclic) bond motifs is 1. The van der Waals surface area contributed by atoms with Gasteiger partial charge in [-0.05, 0) is 38.1 Å². The van der Waals surface area contributed by atoms with Crippen LogP contribution < -0.4 is 15.0 Å². The molecule has 4 rings (SSSR count). The van der Waals surface area contributed by atoms with E-state index in [-0.39, 0.29) is 5.75 Å². The van der Waals surface area contributed by atoms with E-state index in [1.54, 1.807) is 16.8 Å². The summed E-state index contributed by atoms with van der Waals surface area (Å²) in [4.78, 5) is 7.22. The molecule has 0 amide bonds. The fourth-order valence-electron chi connectivity index (χ4n) is 3.22. The summed E-state index contributed by atoms with van der Waals surface area (Å²) in [5, 5.41) is 8.83. The van der Waals surface area contributed by atoms with Gasteiger partial charge in [-0.25, -0.2) is 9.50 Å². The molecule has 6 nitrogen and oxygen atoms in total. The highest BCUT2D eigenvalue weighted by molar-refractivity contribution is 7.20. The van der Waals surface area contributed by atoms with Gasteiger partial charge in [0, 0.05) is 18.7 Å². The molecule has 0 radical (unpaired) electrons. The molecule has 2 aromatic heterocycles. The zero-order valence-corrected chi connectivity index (χ0v) is 15.3. The average molecular weight is 397 g/mol. The SMILES string of the molecule is CN(c1nn2c(-c3cccc(OC(F)(F)F)c3)cnc2s1)C1CCNCC1. The van der Waals surface area contributed by atoms with Crippen molar-refractivity contribution in [2.75, 3.05) is 25.0 Å². The number of hydrogen-bond acceptors (Lipinski definition) is 6. The van der Waals surface area contributed by atoms with Crippen molar-refractivity contribution in [2.45, 2.75) is 25.2 Å². The zero-order chi connectivity index (χ0) is 19.0. The van der Waals surface area contributed by atoms with E-state index in [1.807, 2.05) is 7.05 Å². The topological polar surface area (TPSA) is 54.7 Å². The molecule has 0 bridgehead atoms. The minimum absolute atomic E-state index is 0.266. The quantitative estimate of drug-likeness (QED) is 0.730. The molecule has 1 N–H and O–H groups in total. The van der Waals surface area contributed by atoms with Gasteiger partial charge in [-0.2, -0.15) is 0 Å². The predicted octanol–water partition coefficient (Wildman–Crippen LogP) is 3.54. The Bertz CT molecular complexity index is 932.